The second-order valence-electron chi connectivity index (χ2n) is 6.45. The van der Waals surface area contributed by atoms with E-state index in [0.717, 1.165) is 5.69 Å². The molecule has 0 unspecified atom stereocenters. The summed E-state index contributed by atoms with van der Waals surface area (Å²) >= 11 is 0. The Kier molecular flexibility index (Phi) is 5.01. The first kappa shape index (κ1) is 19.3. The van der Waals surface area contributed by atoms with E-state index in [9.17, 15) is 9.59 Å². The van der Waals surface area contributed by atoms with Gasteiger partial charge in [0.2, 0.25) is 6.79 Å². The SMILES string of the molecule is CCOC(=O)c1cc2cc3c(cc2nc1N(C(N)=O)c1ccc(NC)cc1)OCO3. The molecular formula is C21H20N4O5. The molecule has 2 amide bonds. The molecule has 154 valence electrons. The van der Waals surface area contributed by atoms with Crippen LogP contribution in [0.15, 0.2) is 42.5 Å². The number of nitrogens with two attached hydrogens (primary N) is 1. The highest BCUT2D eigenvalue weighted by molar-refractivity contribution is 6.07. The largest absolute Gasteiger partial charge is 0.462 e. The molecule has 0 fully saturated rings. The van der Waals surface area contributed by atoms with Crippen molar-refractivity contribution in [1.29, 1.82) is 0 Å². The molecular weight excluding hydrogens is 388 g/mol. The molecule has 1 aliphatic heterocycles. The molecule has 0 spiro atoms. The lowest BCUT2D eigenvalue weighted by Crippen LogP contribution is -2.33. The summed E-state index contributed by atoms with van der Waals surface area (Å²) in [4.78, 5) is 30.8. The smallest absolute Gasteiger partial charge is 0.341 e. The van der Waals surface area contributed by atoms with Crippen molar-refractivity contribution in [3.8, 4) is 11.5 Å². The number of carbonyl (C=O) groups is 2. The van der Waals surface area contributed by atoms with Crippen molar-refractivity contribution < 1.29 is 23.8 Å². The van der Waals surface area contributed by atoms with Crippen LogP contribution < -0.4 is 25.4 Å². The zero-order valence-corrected chi connectivity index (χ0v) is 16.5. The number of aromatic nitrogens is 1. The summed E-state index contributed by atoms with van der Waals surface area (Å²) in [5.41, 5.74) is 7.62. The molecule has 2 heterocycles. The maximum Gasteiger partial charge on any atom is 0.341 e. The predicted octanol–water partition coefficient (Wildman–Crippen LogP) is 3.40. The topological polar surface area (TPSA) is 116 Å². The Hall–Kier alpha value is -4.01. The molecule has 0 radical (unpaired) electrons. The number of benzene rings is 2. The Balaban J connectivity index is 1.92. The first-order chi connectivity index (χ1) is 14.5. The number of carbonyl (C=O) groups excluding carboxylic acids is 2. The maximum absolute atomic E-state index is 12.7. The van der Waals surface area contributed by atoms with E-state index in [1.165, 1.54) is 4.90 Å². The number of nitrogens with zero attached hydrogens (tertiary/aromatic N) is 2. The van der Waals surface area contributed by atoms with Gasteiger partial charge >= 0.3 is 12.0 Å². The van der Waals surface area contributed by atoms with Crippen molar-refractivity contribution in [3.63, 3.8) is 0 Å². The number of hydrogen-bond acceptors (Lipinski definition) is 7. The van der Waals surface area contributed by atoms with Gasteiger partial charge in [-0.25, -0.2) is 19.5 Å². The van der Waals surface area contributed by atoms with Crippen LogP contribution in [-0.4, -0.2) is 37.4 Å². The van der Waals surface area contributed by atoms with Crippen LogP contribution in [0.1, 0.15) is 17.3 Å². The summed E-state index contributed by atoms with van der Waals surface area (Å²) in [7, 11) is 1.79. The van der Waals surface area contributed by atoms with Gasteiger partial charge in [0.1, 0.15) is 5.56 Å². The molecule has 0 bridgehead atoms. The van der Waals surface area contributed by atoms with Crippen LogP contribution in [0.2, 0.25) is 0 Å². The van der Waals surface area contributed by atoms with Crippen LogP contribution in [0.25, 0.3) is 10.9 Å². The number of rotatable bonds is 5. The van der Waals surface area contributed by atoms with Gasteiger partial charge < -0.3 is 25.3 Å². The molecule has 0 saturated carbocycles. The van der Waals surface area contributed by atoms with Crippen LogP contribution >= 0.6 is 0 Å². The van der Waals surface area contributed by atoms with E-state index in [0.29, 0.717) is 28.1 Å². The van der Waals surface area contributed by atoms with Gasteiger partial charge in [0.25, 0.3) is 0 Å². The van der Waals surface area contributed by atoms with Gasteiger partial charge in [-0.15, -0.1) is 0 Å². The normalized spacial score (nSPS) is 11.9. The second-order valence-corrected chi connectivity index (χ2v) is 6.45. The number of primary amides is 1. The third-order valence-electron chi connectivity index (χ3n) is 4.63. The maximum atomic E-state index is 12.7. The molecule has 9 nitrogen and oxygen atoms in total. The van der Waals surface area contributed by atoms with Crippen LogP contribution in [0, 0.1) is 0 Å². The molecule has 30 heavy (non-hydrogen) atoms. The van der Waals surface area contributed by atoms with Crippen LogP contribution in [0.4, 0.5) is 22.0 Å². The van der Waals surface area contributed by atoms with E-state index < -0.39 is 12.0 Å². The number of esters is 1. The minimum absolute atomic E-state index is 0.0736. The number of ether oxygens (including phenoxy) is 3. The van der Waals surface area contributed by atoms with Crippen molar-refractivity contribution in [2.24, 2.45) is 5.73 Å². The minimum Gasteiger partial charge on any atom is -0.462 e. The molecule has 3 aromatic rings. The Bertz CT molecular complexity index is 1130. The van der Waals surface area contributed by atoms with E-state index in [4.69, 9.17) is 19.9 Å². The first-order valence-electron chi connectivity index (χ1n) is 9.30. The summed E-state index contributed by atoms with van der Waals surface area (Å²) in [5, 5.41) is 3.65. The van der Waals surface area contributed by atoms with Gasteiger partial charge in [-0.1, -0.05) is 0 Å². The summed E-state index contributed by atoms with van der Waals surface area (Å²) < 4.78 is 16.0. The quantitative estimate of drug-likeness (QED) is 0.622. The lowest BCUT2D eigenvalue weighted by molar-refractivity contribution is 0.0527. The van der Waals surface area contributed by atoms with Crippen molar-refractivity contribution in [1.82, 2.24) is 4.98 Å². The average molecular weight is 408 g/mol. The van der Waals surface area contributed by atoms with Gasteiger partial charge in [-0.2, -0.15) is 0 Å². The minimum atomic E-state index is -0.787. The Morgan fingerprint density at radius 2 is 1.87 bits per heavy atom. The molecule has 0 atom stereocenters. The van der Waals surface area contributed by atoms with Crippen molar-refractivity contribution >= 4 is 40.1 Å². The van der Waals surface area contributed by atoms with Crippen molar-refractivity contribution in [2.45, 2.75) is 6.92 Å². The van der Waals surface area contributed by atoms with Crippen LogP contribution in [0.3, 0.4) is 0 Å². The number of urea groups is 1. The Morgan fingerprint density at radius 3 is 2.50 bits per heavy atom. The van der Waals surface area contributed by atoms with Gasteiger partial charge in [0.15, 0.2) is 17.3 Å². The number of amides is 2. The highest BCUT2D eigenvalue weighted by Crippen LogP contribution is 2.38. The monoisotopic (exact) mass is 408 g/mol. The summed E-state index contributed by atoms with van der Waals surface area (Å²) in [5.74, 6) is 0.553. The lowest BCUT2D eigenvalue weighted by atomic mass is 10.1. The molecule has 4 rings (SSSR count). The van der Waals surface area contributed by atoms with Crippen LogP contribution in [-0.2, 0) is 4.74 Å². The predicted molar refractivity (Wildman–Crippen MR) is 112 cm³/mol. The summed E-state index contributed by atoms with van der Waals surface area (Å²) in [6.45, 7) is 1.98. The third kappa shape index (κ3) is 3.41. The van der Waals surface area contributed by atoms with E-state index in [1.54, 1.807) is 56.4 Å². The summed E-state index contributed by atoms with van der Waals surface area (Å²) in [6, 6.07) is 11.2. The zero-order chi connectivity index (χ0) is 21.3. The van der Waals surface area contributed by atoms with Gasteiger partial charge in [0.05, 0.1) is 17.8 Å². The van der Waals surface area contributed by atoms with Crippen molar-refractivity contribution in [3.05, 3.63) is 48.0 Å². The zero-order valence-electron chi connectivity index (χ0n) is 16.5. The lowest BCUT2D eigenvalue weighted by Gasteiger charge is -2.22. The molecule has 9 heteroatoms. The van der Waals surface area contributed by atoms with E-state index >= 15 is 0 Å². The molecule has 0 saturated heterocycles. The van der Waals surface area contributed by atoms with E-state index in [-0.39, 0.29) is 24.8 Å². The fraction of sp³-hybridized carbons (Fsp3) is 0.190. The van der Waals surface area contributed by atoms with E-state index in [1.807, 2.05) is 0 Å². The van der Waals surface area contributed by atoms with Crippen molar-refractivity contribution in [2.75, 3.05) is 30.7 Å². The van der Waals surface area contributed by atoms with Crippen LogP contribution in [0.5, 0.6) is 11.5 Å². The Labute approximate surface area is 172 Å². The molecule has 1 aliphatic rings. The number of pyridine rings is 1. The van der Waals surface area contributed by atoms with Gasteiger partial charge in [0, 0.05) is 24.2 Å². The summed E-state index contributed by atoms with van der Waals surface area (Å²) in [6.07, 6.45) is 0. The average Bonchev–Trinajstić information content (AvgIpc) is 3.19. The first-order valence-corrected chi connectivity index (χ1v) is 9.30. The Morgan fingerprint density at radius 1 is 1.17 bits per heavy atom. The number of nitrogens with one attached hydrogen (secondary N) is 1. The second kappa shape index (κ2) is 7.78. The fourth-order valence-corrected chi connectivity index (χ4v) is 3.21. The molecule has 2 aromatic carbocycles. The van der Waals surface area contributed by atoms with E-state index in [2.05, 4.69) is 10.3 Å². The molecule has 0 aliphatic carbocycles. The van der Waals surface area contributed by atoms with Gasteiger partial charge in [-0.05, 0) is 43.3 Å². The fourth-order valence-electron chi connectivity index (χ4n) is 3.21. The number of anilines is 3. The number of fused-ring (bicyclic) bond motifs is 2. The molecule has 3 N–H and O–H groups in total. The highest BCUT2D eigenvalue weighted by Gasteiger charge is 2.26. The third-order valence-corrected chi connectivity index (χ3v) is 4.63. The van der Waals surface area contributed by atoms with Gasteiger partial charge in [-0.3, -0.25) is 0 Å². The highest BCUT2D eigenvalue weighted by atomic mass is 16.7. The molecule has 1 aromatic heterocycles. The number of hydrogen-bond donors (Lipinski definition) is 2. The standard InChI is InChI=1S/C21H20N4O5/c1-3-28-20(26)15-8-12-9-17-18(30-11-29-17)10-16(12)24-19(15)25(21(22)27)14-6-4-13(23-2)5-7-14/h4-10,23H,3,11H2,1-2H3,(H2,22,27).